The number of ether oxygens (including phenoxy) is 1. The van der Waals surface area contributed by atoms with Crippen LogP contribution in [0.4, 0.5) is 0 Å². The highest BCUT2D eigenvalue weighted by molar-refractivity contribution is 5.81. The van der Waals surface area contributed by atoms with E-state index >= 15 is 0 Å². The first-order chi connectivity index (χ1) is 12.6. The van der Waals surface area contributed by atoms with Crippen LogP contribution in [0.5, 0.6) is 0 Å². The summed E-state index contributed by atoms with van der Waals surface area (Å²) in [6, 6.07) is 15.6. The molecule has 1 aliphatic rings. The van der Waals surface area contributed by atoms with E-state index in [1.807, 2.05) is 60.4 Å². The second-order valence-corrected chi connectivity index (χ2v) is 6.62. The minimum absolute atomic E-state index is 0.0958. The summed E-state index contributed by atoms with van der Waals surface area (Å²) in [7, 11) is 1.39. The average Bonchev–Trinajstić information content (AvgIpc) is 2.66. The lowest BCUT2D eigenvalue weighted by Crippen LogP contribution is -2.49. The molecule has 0 saturated heterocycles. The number of carbonyl (C=O) groups excluding carboxylic acids is 2. The molecule has 1 aliphatic heterocycles. The van der Waals surface area contributed by atoms with Crippen molar-refractivity contribution in [3.8, 4) is 0 Å². The normalized spacial score (nSPS) is 16.6. The van der Waals surface area contributed by atoms with E-state index in [9.17, 15) is 9.59 Å². The largest absolute Gasteiger partial charge is 0.468 e. The first-order valence-electron chi connectivity index (χ1n) is 8.78. The van der Waals surface area contributed by atoms with E-state index in [1.165, 1.54) is 7.11 Å². The van der Waals surface area contributed by atoms with Crippen molar-refractivity contribution in [1.29, 1.82) is 0 Å². The van der Waals surface area contributed by atoms with Crippen molar-refractivity contribution in [1.82, 2.24) is 10.2 Å². The van der Waals surface area contributed by atoms with Gasteiger partial charge in [0.2, 0.25) is 5.91 Å². The molecule has 1 atom stereocenters. The van der Waals surface area contributed by atoms with Gasteiger partial charge in [0.1, 0.15) is 6.04 Å². The number of nitrogens with one attached hydrogen (secondary N) is 1. The highest BCUT2D eigenvalue weighted by atomic mass is 16.5. The van der Waals surface area contributed by atoms with Crippen LogP contribution in [0.15, 0.2) is 48.5 Å². The van der Waals surface area contributed by atoms with E-state index in [1.54, 1.807) is 0 Å². The first kappa shape index (κ1) is 18.1. The fourth-order valence-electron chi connectivity index (χ4n) is 3.35. The summed E-state index contributed by atoms with van der Waals surface area (Å²) in [6.07, 6.45) is 0.563. The van der Waals surface area contributed by atoms with Crippen molar-refractivity contribution < 1.29 is 14.3 Å². The summed E-state index contributed by atoms with van der Waals surface area (Å²) in [4.78, 5) is 26.5. The number of aryl methyl sites for hydroxylation is 1. The molecule has 0 fully saturated rings. The molecule has 0 unspecified atom stereocenters. The third-order valence-corrected chi connectivity index (χ3v) is 4.90. The molecular weight excluding hydrogens is 328 g/mol. The zero-order valence-corrected chi connectivity index (χ0v) is 15.2. The molecule has 5 heteroatoms. The van der Waals surface area contributed by atoms with Gasteiger partial charge in [0.15, 0.2) is 0 Å². The van der Waals surface area contributed by atoms with Crippen molar-refractivity contribution in [2.75, 3.05) is 13.7 Å². The van der Waals surface area contributed by atoms with Gasteiger partial charge in [-0.2, -0.15) is 0 Å². The van der Waals surface area contributed by atoms with E-state index in [-0.39, 0.29) is 18.4 Å². The monoisotopic (exact) mass is 352 g/mol. The van der Waals surface area contributed by atoms with Crippen LogP contribution in [-0.4, -0.2) is 36.5 Å². The standard InChI is InChI=1S/C21H24N2O3/c1-15-7-3-4-9-17(15)12-22-20(24)14-23-13-18-10-6-5-8-16(18)11-19(23)21(25)26-2/h3-10,19H,11-14H2,1-2H3,(H,22,24)/t19-/m1/s1. The first-order valence-corrected chi connectivity index (χ1v) is 8.78. The van der Waals surface area contributed by atoms with E-state index in [4.69, 9.17) is 4.74 Å². The smallest absolute Gasteiger partial charge is 0.323 e. The van der Waals surface area contributed by atoms with E-state index in [0.717, 1.165) is 22.3 Å². The average molecular weight is 352 g/mol. The molecule has 26 heavy (non-hydrogen) atoms. The van der Waals surface area contributed by atoms with E-state index in [0.29, 0.717) is 19.5 Å². The van der Waals surface area contributed by atoms with Crippen LogP contribution in [-0.2, 0) is 33.8 Å². The quantitative estimate of drug-likeness (QED) is 0.839. The number of esters is 1. The molecular formula is C21H24N2O3. The minimum atomic E-state index is -0.431. The maximum Gasteiger partial charge on any atom is 0.323 e. The Morgan fingerprint density at radius 1 is 1.12 bits per heavy atom. The Hall–Kier alpha value is -2.66. The molecule has 1 heterocycles. The zero-order chi connectivity index (χ0) is 18.5. The summed E-state index contributed by atoms with van der Waals surface area (Å²) in [5, 5.41) is 2.96. The summed E-state index contributed by atoms with van der Waals surface area (Å²) in [5.74, 6) is -0.396. The van der Waals surface area contributed by atoms with Gasteiger partial charge in [-0.3, -0.25) is 14.5 Å². The predicted octanol–water partition coefficient (Wildman–Crippen LogP) is 2.21. The van der Waals surface area contributed by atoms with Gasteiger partial charge in [0, 0.05) is 13.1 Å². The summed E-state index contributed by atoms with van der Waals surface area (Å²) >= 11 is 0. The van der Waals surface area contributed by atoms with E-state index < -0.39 is 6.04 Å². The highest BCUT2D eigenvalue weighted by Gasteiger charge is 2.33. The highest BCUT2D eigenvalue weighted by Crippen LogP contribution is 2.23. The van der Waals surface area contributed by atoms with Gasteiger partial charge in [0.05, 0.1) is 13.7 Å². The fraction of sp³-hybridized carbons (Fsp3) is 0.333. The number of fused-ring (bicyclic) bond motifs is 1. The fourth-order valence-corrected chi connectivity index (χ4v) is 3.35. The van der Waals surface area contributed by atoms with Crippen LogP contribution in [0.1, 0.15) is 22.3 Å². The second-order valence-electron chi connectivity index (χ2n) is 6.62. The van der Waals surface area contributed by atoms with Crippen LogP contribution in [0.2, 0.25) is 0 Å². The van der Waals surface area contributed by atoms with Crippen molar-refractivity contribution >= 4 is 11.9 Å². The number of nitrogens with zero attached hydrogens (tertiary/aromatic N) is 1. The van der Waals surface area contributed by atoms with Gasteiger partial charge in [-0.25, -0.2) is 0 Å². The third kappa shape index (κ3) is 4.11. The second kappa shape index (κ2) is 8.15. The maximum absolute atomic E-state index is 12.5. The SMILES string of the molecule is COC(=O)[C@H]1Cc2ccccc2CN1CC(=O)NCc1ccccc1C. The topological polar surface area (TPSA) is 58.6 Å². The van der Waals surface area contributed by atoms with Crippen LogP contribution in [0.3, 0.4) is 0 Å². The lowest BCUT2D eigenvalue weighted by molar-refractivity contribution is -0.148. The van der Waals surface area contributed by atoms with Gasteiger partial charge in [-0.05, 0) is 35.6 Å². The molecule has 2 aromatic rings. The van der Waals surface area contributed by atoms with Crippen molar-refractivity contribution in [3.63, 3.8) is 0 Å². The molecule has 0 saturated carbocycles. The number of amides is 1. The molecule has 0 bridgehead atoms. The molecule has 2 aromatic carbocycles. The van der Waals surface area contributed by atoms with Gasteiger partial charge in [-0.1, -0.05) is 48.5 Å². The molecule has 3 rings (SSSR count). The van der Waals surface area contributed by atoms with Crippen molar-refractivity contribution in [2.45, 2.75) is 32.5 Å². The minimum Gasteiger partial charge on any atom is -0.468 e. The molecule has 1 amide bonds. The Kier molecular flexibility index (Phi) is 5.68. The predicted molar refractivity (Wildman–Crippen MR) is 99.4 cm³/mol. The molecule has 0 aromatic heterocycles. The summed E-state index contributed by atoms with van der Waals surface area (Å²) in [5.41, 5.74) is 4.53. The lowest BCUT2D eigenvalue weighted by atomic mass is 9.94. The molecule has 0 spiro atoms. The number of hydrogen-bond acceptors (Lipinski definition) is 4. The number of benzene rings is 2. The van der Waals surface area contributed by atoms with E-state index in [2.05, 4.69) is 5.32 Å². The van der Waals surface area contributed by atoms with Crippen LogP contribution >= 0.6 is 0 Å². The van der Waals surface area contributed by atoms with Crippen LogP contribution in [0, 0.1) is 6.92 Å². The lowest BCUT2D eigenvalue weighted by Gasteiger charge is -2.34. The van der Waals surface area contributed by atoms with Gasteiger partial charge >= 0.3 is 5.97 Å². The van der Waals surface area contributed by atoms with Gasteiger partial charge in [0.25, 0.3) is 0 Å². The molecule has 0 aliphatic carbocycles. The van der Waals surface area contributed by atoms with Crippen LogP contribution in [0.25, 0.3) is 0 Å². The zero-order valence-electron chi connectivity index (χ0n) is 15.2. The summed E-state index contributed by atoms with van der Waals surface area (Å²) < 4.78 is 4.95. The Balaban J connectivity index is 1.67. The Labute approximate surface area is 154 Å². The third-order valence-electron chi connectivity index (χ3n) is 4.90. The van der Waals surface area contributed by atoms with Crippen molar-refractivity contribution in [3.05, 3.63) is 70.8 Å². The summed E-state index contributed by atoms with van der Waals surface area (Å²) in [6.45, 7) is 3.24. The molecule has 136 valence electrons. The molecule has 1 N–H and O–H groups in total. The maximum atomic E-state index is 12.5. The Morgan fingerprint density at radius 2 is 1.81 bits per heavy atom. The Morgan fingerprint density at radius 3 is 2.54 bits per heavy atom. The van der Waals surface area contributed by atoms with Crippen LogP contribution < -0.4 is 5.32 Å². The number of methoxy groups -OCH3 is 1. The molecule has 5 nitrogen and oxygen atoms in total. The Bertz CT molecular complexity index is 803. The van der Waals surface area contributed by atoms with Gasteiger partial charge in [-0.15, -0.1) is 0 Å². The number of carbonyl (C=O) groups is 2. The van der Waals surface area contributed by atoms with Crippen molar-refractivity contribution in [2.24, 2.45) is 0 Å². The number of rotatable bonds is 5. The van der Waals surface area contributed by atoms with Gasteiger partial charge < -0.3 is 10.1 Å². The number of hydrogen-bond donors (Lipinski definition) is 1. The molecule has 0 radical (unpaired) electrons.